The van der Waals surface area contributed by atoms with Crippen LogP contribution in [0.15, 0.2) is 64.3 Å². The first-order valence-corrected chi connectivity index (χ1v) is 10.5. The molecular formula is C25H26N2O6. The number of fused-ring (bicyclic) bond motifs is 1. The van der Waals surface area contributed by atoms with Gasteiger partial charge in [-0.1, -0.05) is 24.3 Å². The Kier molecular flexibility index (Phi) is 6.11. The molecule has 1 N–H and O–H groups in total. The van der Waals surface area contributed by atoms with Gasteiger partial charge in [-0.25, -0.2) is 0 Å². The minimum Gasteiger partial charge on any atom is -0.503 e. The normalized spacial score (nSPS) is 16.2. The van der Waals surface area contributed by atoms with Crippen molar-refractivity contribution in [3.05, 3.63) is 71.2 Å². The predicted octanol–water partition coefficient (Wildman–Crippen LogP) is 3.59. The van der Waals surface area contributed by atoms with Crippen LogP contribution < -0.4 is 9.47 Å². The van der Waals surface area contributed by atoms with Gasteiger partial charge < -0.3 is 28.8 Å². The molecule has 8 heteroatoms. The van der Waals surface area contributed by atoms with E-state index in [2.05, 4.69) is 0 Å². The third kappa shape index (κ3) is 4.05. The lowest BCUT2D eigenvalue weighted by atomic mass is 9.94. The number of aliphatic hydroxyl groups excluding tert-OH is 1. The molecule has 172 valence electrons. The minimum atomic E-state index is -0.807. The number of aliphatic hydroxyl groups is 1. The average molecular weight is 450 g/mol. The van der Waals surface area contributed by atoms with Crippen LogP contribution in [0.2, 0.25) is 0 Å². The highest BCUT2D eigenvalue weighted by Gasteiger charge is 2.44. The van der Waals surface area contributed by atoms with E-state index in [0.717, 1.165) is 5.39 Å². The molecule has 0 unspecified atom stereocenters. The summed E-state index contributed by atoms with van der Waals surface area (Å²) in [6.07, 6.45) is 0. The minimum absolute atomic E-state index is 0.0231. The van der Waals surface area contributed by atoms with E-state index in [1.807, 2.05) is 37.2 Å². The molecule has 1 aromatic heterocycles. The fourth-order valence-corrected chi connectivity index (χ4v) is 4.02. The third-order valence-electron chi connectivity index (χ3n) is 5.71. The van der Waals surface area contributed by atoms with Gasteiger partial charge in [-0.15, -0.1) is 0 Å². The van der Waals surface area contributed by atoms with Crippen molar-refractivity contribution in [1.82, 2.24) is 9.80 Å². The molecule has 33 heavy (non-hydrogen) atoms. The number of amides is 1. The number of likely N-dealkylation sites (N-methyl/N-ethyl adjacent to an activating group) is 1. The van der Waals surface area contributed by atoms with Gasteiger partial charge in [0, 0.05) is 18.5 Å². The van der Waals surface area contributed by atoms with Crippen LogP contribution in [0.5, 0.6) is 11.5 Å². The number of carbonyl (C=O) groups excluding carboxylic acids is 2. The van der Waals surface area contributed by atoms with Crippen molar-refractivity contribution in [2.75, 3.05) is 41.4 Å². The van der Waals surface area contributed by atoms with Crippen molar-refractivity contribution in [2.45, 2.75) is 6.04 Å². The van der Waals surface area contributed by atoms with Gasteiger partial charge in [0.25, 0.3) is 5.91 Å². The number of ether oxygens (including phenoxy) is 2. The van der Waals surface area contributed by atoms with Gasteiger partial charge >= 0.3 is 0 Å². The van der Waals surface area contributed by atoms with Crippen molar-refractivity contribution in [3.63, 3.8) is 0 Å². The Balaban J connectivity index is 1.81. The maximum absolute atomic E-state index is 13.6. The van der Waals surface area contributed by atoms with Gasteiger partial charge in [-0.2, -0.15) is 0 Å². The molecule has 4 rings (SSSR count). The summed E-state index contributed by atoms with van der Waals surface area (Å²) in [7, 11) is 6.82. The van der Waals surface area contributed by atoms with Gasteiger partial charge in [0.05, 0.1) is 25.8 Å². The number of ketones is 1. The first-order valence-electron chi connectivity index (χ1n) is 10.5. The fraction of sp³-hybridized carbons (Fsp3) is 0.280. The van der Waals surface area contributed by atoms with E-state index in [-0.39, 0.29) is 11.3 Å². The molecule has 3 aromatic rings. The largest absolute Gasteiger partial charge is 0.503 e. The number of hydrogen-bond donors (Lipinski definition) is 1. The number of carbonyl (C=O) groups is 2. The smallest absolute Gasteiger partial charge is 0.290 e. The van der Waals surface area contributed by atoms with Gasteiger partial charge in [-0.05, 0) is 43.9 Å². The van der Waals surface area contributed by atoms with Crippen LogP contribution in [-0.4, -0.2) is 68.0 Å². The van der Waals surface area contributed by atoms with Crippen LogP contribution in [0.1, 0.15) is 22.2 Å². The molecule has 1 aliphatic heterocycles. The van der Waals surface area contributed by atoms with Crippen molar-refractivity contribution >= 4 is 22.7 Å². The molecule has 1 aliphatic rings. The van der Waals surface area contributed by atoms with Gasteiger partial charge in [-0.3, -0.25) is 9.59 Å². The Bertz CT molecular complexity index is 1210. The summed E-state index contributed by atoms with van der Waals surface area (Å²) in [5.41, 5.74) is 1.14. The standard InChI is InChI=1S/C25H26N2O6/c1-26(2)11-12-27-22(16-9-10-18(31-3)19(14-16)32-4)21(24(29)25(27)30)23(28)20-13-15-7-5-6-8-17(15)33-20/h5-10,13-14,22,29H,11-12H2,1-4H3/t22-/m0/s1. The maximum atomic E-state index is 13.6. The summed E-state index contributed by atoms with van der Waals surface area (Å²) in [6.45, 7) is 0.862. The van der Waals surface area contributed by atoms with Crippen LogP contribution in [0.25, 0.3) is 11.0 Å². The second kappa shape index (κ2) is 8.99. The SMILES string of the molecule is COc1ccc([C@H]2C(C(=O)c3cc4ccccc4o3)=C(O)C(=O)N2CCN(C)C)cc1OC. The second-order valence-electron chi connectivity index (χ2n) is 8.06. The number of Topliss-reactive ketones (excluding diaryl/α,β-unsaturated/α-hetero) is 1. The Morgan fingerprint density at radius 3 is 2.48 bits per heavy atom. The lowest BCUT2D eigenvalue weighted by Gasteiger charge is -2.28. The third-order valence-corrected chi connectivity index (χ3v) is 5.71. The molecule has 0 spiro atoms. The van der Waals surface area contributed by atoms with Gasteiger partial charge in [0.15, 0.2) is 23.0 Å². The molecular weight excluding hydrogens is 424 g/mol. The quantitative estimate of drug-likeness (QED) is 0.524. The molecule has 0 aliphatic carbocycles. The highest BCUT2D eigenvalue weighted by molar-refractivity contribution is 6.16. The highest BCUT2D eigenvalue weighted by Crippen LogP contribution is 2.42. The van der Waals surface area contributed by atoms with Crippen LogP contribution in [0.3, 0.4) is 0 Å². The van der Waals surface area contributed by atoms with Crippen LogP contribution in [0.4, 0.5) is 0 Å². The molecule has 0 saturated carbocycles. The summed E-state index contributed by atoms with van der Waals surface area (Å²) < 4.78 is 16.5. The fourth-order valence-electron chi connectivity index (χ4n) is 4.02. The van der Waals surface area contributed by atoms with Gasteiger partial charge in [0.2, 0.25) is 5.78 Å². The molecule has 0 radical (unpaired) electrons. The molecule has 0 bridgehead atoms. The molecule has 2 heterocycles. The summed E-state index contributed by atoms with van der Waals surface area (Å²) >= 11 is 0. The molecule has 2 aromatic carbocycles. The summed E-state index contributed by atoms with van der Waals surface area (Å²) in [5, 5.41) is 11.6. The Hall–Kier alpha value is -3.78. The zero-order valence-corrected chi connectivity index (χ0v) is 19.0. The monoisotopic (exact) mass is 450 g/mol. The maximum Gasteiger partial charge on any atom is 0.290 e. The Labute approximate surface area is 191 Å². The van der Waals surface area contributed by atoms with Crippen LogP contribution in [-0.2, 0) is 4.79 Å². The van der Waals surface area contributed by atoms with Crippen molar-refractivity contribution < 1.29 is 28.6 Å². The number of para-hydroxylation sites is 1. The van der Waals surface area contributed by atoms with E-state index in [1.165, 1.54) is 19.1 Å². The molecule has 0 saturated heterocycles. The van der Waals surface area contributed by atoms with Crippen LogP contribution in [0, 0.1) is 0 Å². The Morgan fingerprint density at radius 1 is 1.09 bits per heavy atom. The van der Waals surface area contributed by atoms with Crippen molar-refractivity contribution in [1.29, 1.82) is 0 Å². The van der Waals surface area contributed by atoms with E-state index in [9.17, 15) is 14.7 Å². The second-order valence-corrected chi connectivity index (χ2v) is 8.06. The zero-order chi connectivity index (χ0) is 23.7. The molecule has 0 fully saturated rings. The van der Waals surface area contributed by atoms with Crippen molar-refractivity contribution in [3.8, 4) is 11.5 Å². The zero-order valence-electron chi connectivity index (χ0n) is 19.0. The number of hydrogen-bond acceptors (Lipinski definition) is 7. The average Bonchev–Trinajstić information content (AvgIpc) is 3.36. The number of nitrogens with zero attached hydrogens (tertiary/aromatic N) is 2. The number of rotatable bonds is 8. The molecule has 1 atom stereocenters. The van der Waals surface area contributed by atoms with Crippen molar-refractivity contribution in [2.24, 2.45) is 0 Å². The summed E-state index contributed by atoms with van der Waals surface area (Å²) in [4.78, 5) is 30.0. The summed E-state index contributed by atoms with van der Waals surface area (Å²) in [6, 6.07) is 13.2. The van der Waals surface area contributed by atoms with E-state index >= 15 is 0 Å². The molecule has 8 nitrogen and oxygen atoms in total. The van der Waals surface area contributed by atoms with E-state index in [1.54, 1.807) is 30.3 Å². The van der Waals surface area contributed by atoms with E-state index in [0.29, 0.717) is 35.7 Å². The van der Waals surface area contributed by atoms with E-state index < -0.39 is 23.5 Å². The van der Waals surface area contributed by atoms with Gasteiger partial charge in [0.1, 0.15) is 5.58 Å². The Morgan fingerprint density at radius 2 is 1.82 bits per heavy atom. The lowest BCUT2D eigenvalue weighted by Crippen LogP contribution is -2.36. The van der Waals surface area contributed by atoms with Crippen LogP contribution >= 0.6 is 0 Å². The first kappa shape index (κ1) is 22.4. The number of benzene rings is 2. The lowest BCUT2D eigenvalue weighted by molar-refractivity contribution is -0.129. The first-order chi connectivity index (χ1) is 15.8. The molecule has 1 amide bonds. The number of furan rings is 1. The number of methoxy groups -OCH3 is 2. The highest BCUT2D eigenvalue weighted by atomic mass is 16.5. The predicted molar refractivity (Wildman–Crippen MR) is 123 cm³/mol. The topological polar surface area (TPSA) is 92.5 Å². The van der Waals surface area contributed by atoms with E-state index in [4.69, 9.17) is 13.9 Å². The summed E-state index contributed by atoms with van der Waals surface area (Å²) in [5.74, 6) is -0.675.